The maximum atomic E-state index is 10.7. The first kappa shape index (κ1) is 24.3. The van der Waals surface area contributed by atoms with E-state index < -0.39 is 12.5 Å². The lowest BCUT2D eigenvalue weighted by Crippen LogP contribution is -2.54. The van der Waals surface area contributed by atoms with Gasteiger partial charge in [0.1, 0.15) is 12.5 Å². The van der Waals surface area contributed by atoms with Crippen LogP contribution in [-0.4, -0.2) is 108 Å². The van der Waals surface area contributed by atoms with Crippen LogP contribution in [0.2, 0.25) is 0 Å². The molecule has 2 aromatic carbocycles. The molecule has 33 heavy (non-hydrogen) atoms. The number of hydrogen-bond acceptors (Lipinski definition) is 6. The molecule has 2 heterocycles. The zero-order valence-electron chi connectivity index (χ0n) is 19.8. The third-order valence-electron chi connectivity index (χ3n) is 7.20. The smallest absolute Gasteiger partial charge is 0.111 e. The highest BCUT2D eigenvalue weighted by atomic mass is 16.3. The zero-order valence-corrected chi connectivity index (χ0v) is 19.8. The molecule has 0 aliphatic carbocycles. The molecule has 0 spiro atoms. The van der Waals surface area contributed by atoms with Crippen molar-refractivity contribution >= 4 is 0 Å². The average Bonchev–Trinajstić information content (AvgIpc) is 2.88. The van der Waals surface area contributed by atoms with Crippen molar-refractivity contribution in [2.75, 3.05) is 65.4 Å². The van der Waals surface area contributed by atoms with Crippen LogP contribution in [0.3, 0.4) is 0 Å². The second kappa shape index (κ2) is 12.6. The highest BCUT2D eigenvalue weighted by Gasteiger charge is 2.28. The van der Waals surface area contributed by atoms with E-state index in [1.54, 1.807) is 0 Å². The molecule has 2 atom stereocenters. The van der Waals surface area contributed by atoms with E-state index in [1.807, 2.05) is 0 Å². The Morgan fingerprint density at radius 3 is 1.27 bits per heavy atom. The standard InChI is InChI=1S/C27H40N4O2/c32-26(30-19-15-28(16-20-30)13-11-24-7-3-1-4-8-24)23-27(33)31-21-17-29(18-22-31)14-12-25-9-5-2-6-10-25/h1-10,26-27,32-33H,11-23H2. The largest absolute Gasteiger partial charge is 0.378 e. The summed E-state index contributed by atoms with van der Waals surface area (Å²) >= 11 is 0. The maximum absolute atomic E-state index is 10.7. The van der Waals surface area contributed by atoms with E-state index in [-0.39, 0.29) is 0 Å². The van der Waals surface area contributed by atoms with Gasteiger partial charge in [0.15, 0.2) is 0 Å². The lowest BCUT2D eigenvalue weighted by atomic mass is 10.1. The van der Waals surface area contributed by atoms with Gasteiger partial charge in [-0.2, -0.15) is 0 Å². The van der Waals surface area contributed by atoms with Gasteiger partial charge >= 0.3 is 0 Å². The summed E-state index contributed by atoms with van der Waals surface area (Å²) in [7, 11) is 0. The number of rotatable bonds is 10. The fraction of sp³-hybridized carbons (Fsp3) is 0.556. The number of benzene rings is 2. The van der Waals surface area contributed by atoms with Crippen molar-refractivity contribution in [1.29, 1.82) is 0 Å². The summed E-state index contributed by atoms with van der Waals surface area (Å²) in [5.41, 5.74) is 2.76. The van der Waals surface area contributed by atoms with Crippen molar-refractivity contribution in [3.8, 4) is 0 Å². The van der Waals surface area contributed by atoms with E-state index in [0.717, 1.165) is 78.3 Å². The second-order valence-electron chi connectivity index (χ2n) is 9.42. The van der Waals surface area contributed by atoms with E-state index in [9.17, 15) is 10.2 Å². The normalized spacial score (nSPS) is 21.2. The fourth-order valence-electron chi connectivity index (χ4n) is 4.92. The van der Waals surface area contributed by atoms with Crippen LogP contribution in [0.15, 0.2) is 60.7 Å². The molecule has 0 amide bonds. The van der Waals surface area contributed by atoms with E-state index in [2.05, 4.69) is 80.3 Å². The summed E-state index contributed by atoms with van der Waals surface area (Å²) in [6.07, 6.45) is 1.38. The van der Waals surface area contributed by atoms with Crippen molar-refractivity contribution in [2.45, 2.75) is 31.7 Å². The van der Waals surface area contributed by atoms with Crippen LogP contribution in [0.4, 0.5) is 0 Å². The predicted molar refractivity (Wildman–Crippen MR) is 133 cm³/mol. The van der Waals surface area contributed by atoms with Gasteiger partial charge in [0.2, 0.25) is 0 Å². The van der Waals surface area contributed by atoms with Crippen molar-refractivity contribution in [3.63, 3.8) is 0 Å². The molecule has 2 aromatic rings. The summed E-state index contributed by atoms with van der Waals surface area (Å²) in [5.74, 6) is 0. The molecule has 2 fully saturated rings. The molecule has 0 aromatic heterocycles. The predicted octanol–water partition coefficient (Wildman–Crippen LogP) is 1.73. The quantitative estimate of drug-likeness (QED) is 0.573. The van der Waals surface area contributed by atoms with Gasteiger partial charge in [-0.05, 0) is 24.0 Å². The first-order chi connectivity index (χ1) is 16.2. The lowest BCUT2D eigenvalue weighted by Gasteiger charge is -2.40. The van der Waals surface area contributed by atoms with Crippen LogP contribution in [0.1, 0.15) is 17.5 Å². The molecular formula is C27H40N4O2. The van der Waals surface area contributed by atoms with Crippen LogP contribution < -0.4 is 0 Å². The molecule has 2 unspecified atom stereocenters. The Hall–Kier alpha value is -1.80. The number of aliphatic hydroxyl groups is 2. The van der Waals surface area contributed by atoms with Crippen molar-refractivity contribution in [3.05, 3.63) is 71.8 Å². The van der Waals surface area contributed by atoms with E-state index in [1.165, 1.54) is 11.1 Å². The molecule has 4 rings (SSSR count). The maximum Gasteiger partial charge on any atom is 0.111 e. The molecular weight excluding hydrogens is 412 g/mol. The minimum Gasteiger partial charge on any atom is -0.378 e. The van der Waals surface area contributed by atoms with E-state index >= 15 is 0 Å². The van der Waals surface area contributed by atoms with Gasteiger partial charge in [0, 0.05) is 71.9 Å². The Balaban J connectivity index is 1.11. The molecule has 6 heteroatoms. The third-order valence-corrected chi connectivity index (χ3v) is 7.20. The topological polar surface area (TPSA) is 53.4 Å². The van der Waals surface area contributed by atoms with Crippen LogP contribution in [-0.2, 0) is 12.8 Å². The Labute approximate surface area is 199 Å². The third kappa shape index (κ3) is 7.60. The monoisotopic (exact) mass is 452 g/mol. The summed E-state index contributed by atoms with van der Waals surface area (Å²) < 4.78 is 0. The van der Waals surface area contributed by atoms with Gasteiger partial charge < -0.3 is 20.0 Å². The first-order valence-electron chi connectivity index (χ1n) is 12.5. The zero-order chi connectivity index (χ0) is 22.9. The summed E-state index contributed by atoms with van der Waals surface area (Å²) in [4.78, 5) is 9.19. The number of hydrogen-bond donors (Lipinski definition) is 2. The Kier molecular flexibility index (Phi) is 9.29. The first-order valence-corrected chi connectivity index (χ1v) is 12.5. The Morgan fingerprint density at radius 1 is 0.545 bits per heavy atom. The second-order valence-corrected chi connectivity index (χ2v) is 9.42. The number of aliphatic hydroxyl groups excluding tert-OH is 2. The molecule has 2 saturated heterocycles. The average molecular weight is 453 g/mol. The molecule has 2 N–H and O–H groups in total. The summed E-state index contributed by atoms with van der Waals surface area (Å²) in [6.45, 7) is 9.44. The molecule has 0 bridgehead atoms. The minimum absolute atomic E-state index is 0.397. The molecule has 0 radical (unpaired) electrons. The van der Waals surface area contributed by atoms with Gasteiger partial charge in [0.25, 0.3) is 0 Å². The van der Waals surface area contributed by atoms with Crippen LogP contribution in [0.5, 0.6) is 0 Å². The van der Waals surface area contributed by atoms with Gasteiger partial charge in [0.05, 0.1) is 0 Å². The van der Waals surface area contributed by atoms with E-state index in [0.29, 0.717) is 6.42 Å². The molecule has 180 valence electrons. The summed E-state index contributed by atoms with van der Waals surface area (Å²) in [5, 5.41) is 21.5. The minimum atomic E-state index is -0.576. The molecule has 0 saturated carbocycles. The summed E-state index contributed by atoms with van der Waals surface area (Å²) in [6, 6.07) is 21.2. The molecule has 6 nitrogen and oxygen atoms in total. The SMILES string of the molecule is OC(CC(O)N1CCN(CCc2ccccc2)CC1)N1CCN(CCc2ccccc2)CC1. The molecule has 2 aliphatic heterocycles. The van der Waals surface area contributed by atoms with Crippen molar-refractivity contribution in [2.24, 2.45) is 0 Å². The molecule has 2 aliphatic rings. The highest BCUT2D eigenvalue weighted by molar-refractivity contribution is 5.15. The Bertz CT molecular complexity index is 723. The van der Waals surface area contributed by atoms with Crippen molar-refractivity contribution in [1.82, 2.24) is 19.6 Å². The van der Waals surface area contributed by atoms with Gasteiger partial charge in [-0.15, -0.1) is 0 Å². The van der Waals surface area contributed by atoms with Gasteiger partial charge in [-0.3, -0.25) is 9.80 Å². The van der Waals surface area contributed by atoms with Crippen LogP contribution >= 0.6 is 0 Å². The van der Waals surface area contributed by atoms with Crippen LogP contribution in [0.25, 0.3) is 0 Å². The van der Waals surface area contributed by atoms with E-state index in [4.69, 9.17) is 0 Å². The van der Waals surface area contributed by atoms with Gasteiger partial charge in [-0.1, -0.05) is 60.7 Å². The highest BCUT2D eigenvalue weighted by Crippen LogP contribution is 2.14. The number of piperazine rings is 2. The van der Waals surface area contributed by atoms with Crippen LogP contribution in [0, 0.1) is 0 Å². The Morgan fingerprint density at radius 2 is 0.909 bits per heavy atom. The fourth-order valence-corrected chi connectivity index (χ4v) is 4.92. The lowest BCUT2D eigenvalue weighted by molar-refractivity contribution is -0.0960. The van der Waals surface area contributed by atoms with Crippen molar-refractivity contribution < 1.29 is 10.2 Å². The number of nitrogens with zero attached hydrogens (tertiary/aromatic N) is 4. The van der Waals surface area contributed by atoms with Gasteiger partial charge in [-0.25, -0.2) is 0 Å².